The van der Waals surface area contributed by atoms with Crippen molar-refractivity contribution in [1.29, 1.82) is 0 Å². The van der Waals surface area contributed by atoms with Crippen LogP contribution in [0, 0.1) is 20.8 Å². The van der Waals surface area contributed by atoms with Crippen LogP contribution in [0.1, 0.15) is 28.1 Å². The van der Waals surface area contributed by atoms with Gasteiger partial charge in [0.15, 0.2) is 0 Å². The van der Waals surface area contributed by atoms with Gasteiger partial charge in [0.1, 0.15) is 5.76 Å². The van der Waals surface area contributed by atoms with Crippen molar-refractivity contribution < 1.29 is 4.42 Å². The molecule has 3 nitrogen and oxygen atoms in total. The Hall–Kier alpha value is -1.77. The van der Waals surface area contributed by atoms with E-state index in [-0.39, 0.29) is 6.01 Å². The van der Waals surface area contributed by atoms with Crippen LogP contribution in [-0.4, -0.2) is 4.98 Å². The number of nitrogens with zero attached hydrogens (tertiary/aromatic N) is 1. The van der Waals surface area contributed by atoms with Gasteiger partial charge in [0.25, 0.3) is 6.01 Å². The molecule has 0 aliphatic heterocycles. The molecular formula is C13H16N2O. The quantitative estimate of drug-likeness (QED) is 0.839. The molecule has 0 amide bonds. The smallest absolute Gasteiger partial charge is 0.292 e. The molecule has 2 N–H and O–H groups in total. The molecule has 2 aromatic rings. The molecule has 0 spiro atoms. The fraction of sp³-hybridized carbons (Fsp3) is 0.308. The summed E-state index contributed by atoms with van der Waals surface area (Å²) in [5.41, 5.74) is 10.2. The van der Waals surface area contributed by atoms with Crippen molar-refractivity contribution in [3.05, 3.63) is 46.3 Å². The third-order valence-corrected chi connectivity index (χ3v) is 2.77. The first-order valence-corrected chi connectivity index (χ1v) is 5.34. The van der Waals surface area contributed by atoms with E-state index in [2.05, 4.69) is 37.0 Å². The number of nitrogens with two attached hydrogens (primary N) is 1. The zero-order chi connectivity index (χ0) is 11.7. The Bertz CT molecular complexity index is 515. The molecule has 3 heteroatoms. The standard InChI is InChI=1S/C13H16N2O/c1-8-4-5-9(2)11(6-8)7-12-10(3)16-13(14)15-12/h4-6H,7H2,1-3H3,(H2,14,15). The van der Waals surface area contributed by atoms with E-state index < -0.39 is 0 Å². The summed E-state index contributed by atoms with van der Waals surface area (Å²) in [6.45, 7) is 6.09. The van der Waals surface area contributed by atoms with Gasteiger partial charge in [-0.05, 0) is 31.9 Å². The molecular weight excluding hydrogens is 200 g/mol. The van der Waals surface area contributed by atoms with Crippen molar-refractivity contribution in [2.24, 2.45) is 0 Å². The number of oxazole rings is 1. The van der Waals surface area contributed by atoms with Crippen molar-refractivity contribution >= 4 is 6.01 Å². The number of anilines is 1. The van der Waals surface area contributed by atoms with Crippen molar-refractivity contribution in [3.63, 3.8) is 0 Å². The van der Waals surface area contributed by atoms with E-state index in [9.17, 15) is 0 Å². The highest BCUT2D eigenvalue weighted by Gasteiger charge is 2.09. The minimum Gasteiger partial charge on any atom is -0.429 e. The fourth-order valence-corrected chi connectivity index (χ4v) is 1.79. The minimum atomic E-state index is 0.248. The Morgan fingerprint density at radius 1 is 1.25 bits per heavy atom. The molecule has 0 fully saturated rings. The van der Waals surface area contributed by atoms with E-state index in [1.165, 1.54) is 16.7 Å². The molecule has 0 saturated carbocycles. The molecule has 16 heavy (non-hydrogen) atoms. The molecule has 0 radical (unpaired) electrons. The molecule has 84 valence electrons. The lowest BCUT2D eigenvalue weighted by atomic mass is 10.0. The Balaban J connectivity index is 2.33. The normalized spacial score (nSPS) is 10.7. The predicted molar refractivity (Wildman–Crippen MR) is 64.4 cm³/mol. The van der Waals surface area contributed by atoms with E-state index in [4.69, 9.17) is 10.2 Å². The second kappa shape index (κ2) is 4.00. The van der Waals surface area contributed by atoms with Gasteiger partial charge >= 0.3 is 0 Å². The molecule has 0 saturated heterocycles. The maximum absolute atomic E-state index is 5.52. The summed E-state index contributed by atoms with van der Waals surface area (Å²) in [5, 5.41) is 0. The molecule has 1 aromatic carbocycles. The number of benzene rings is 1. The maximum atomic E-state index is 5.52. The first kappa shape index (κ1) is 10.7. The molecule has 0 aliphatic rings. The SMILES string of the molecule is Cc1ccc(C)c(Cc2nc(N)oc2C)c1. The Morgan fingerprint density at radius 3 is 2.62 bits per heavy atom. The summed E-state index contributed by atoms with van der Waals surface area (Å²) < 4.78 is 5.22. The zero-order valence-electron chi connectivity index (χ0n) is 9.87. The van der Waals surface area contributed by atoms with Gasteiger partial charge in [-0.3, -0.25) is 0 Å². The Labute approximate surface area is 95.3 Å². The minimum absolute atomic E-state index is 0.248. The topological polar surface area (TPSA) is 52.0 Å². The van der Waals surface area contributed by atoms with E-state index in [1.807, 2.05) is 6.92 Å². The van der Waals surface area contributed by atoms with Crippen LogP contribution in [0.2, 0.25) is 0 Å². The van der Waals surface area contributed by atoms with Crippen LogP contribution in [0.4, 0.5) is 6.01 Å². The molecule has 0 unspecified atom stereocenters. The van der Waals surface area contributed by atoms with Gasteiger partial charge < -0.3 is 10.2 Å². The van der Waals surface area contributed by atoms with Crippen LogP contribution in [0.15, 0.2) is 22.6 Å². The van der Waals surface area contributed by atoms with Crippen LogP contribution in [0.5, 0.6) is 0 Å². The van der Waals surface area contributed by atoms with Crippen LogP contribution < -0.4 is 5.73 Å². The number of nitrogen functional groups attached to an aromatic ring is 1. The summed E-state index contributed by atoms with van der Waals surface area (Å²) in [7, 11) is 0. The largest absolute Gasteiger partial charge is 0.429 e. The number of hydrogen-bond donors (Lipinski definition) is 1. The molecule has 1 heterocycles. The Kier molecular flexibility index (Phi) is 2.69. The summed E-state index contributed by atoms with van der Waals surface area (Å²) in [6.07, 6.45) is 0.778. The van der Waals surface area contributed by atoms with Gasteiger partial charge in [0, 0.05) is 6.42 Å². The lowest BCUT2D eigenvalue weighted by Gasteiger charge is -2.05. The van der Waals surface area contributed by atoms with E-state index >= 15 is 0 Å². The van der Waals surface area contributed by atoms with Crippen LogP contribution in [0.25, 0.3) is 0 Å². The lowest BCUT2D eigenvalue weighted by Crippen LogP contribution is -1.95. The number of hydrogen-bond acceptors (Lipinski definition) is 3. The van der Waals surface area contributed by atoms with Gasteiger partial charge in [0.2, 0.25) is 0 Å². The van der Waals surface area contributed by atoms with E-state index in [0.29, 0.717) is 0 Å². The second-order valence-electron chi connectivity index (χ2n) is 4.16. The van der Waals surface area contributed by atoms with Gasteiger partial charge in [0.05, 0.1) is 5.69 Å². The van der Waals surface area contributed by atoms with Crippen molar-refractivity contribution in [2.75, 3.05) is 5.73 Å². The third-order valence-electron chi connectivity index (χ3n) is 2.77. The average Bonchev–Trinajstić information content (AvgIpc) is 2.51. The van der Waals surface area contributed by atoms with Crippen molar-refractivity contribution in [1.82, 2.24) is 4.98 Å². The van der Waals surface area contributed by atoms with Crippen LogP contribution >= 0.6 is 0 Å². The molecule has 0 bridgehead atoms. The van der Waals surface area contributed by atoms with Gasteiger partial charge in [-0.2, -0.15) is 4.98 Å². The molecule has 1 aromatic heterocycles. The number of aromatic nitrogens is 1. The van der Waals surface area contributed by atoms with Crippen molar-refractivity contribution in [2.45, 2.75) is 27.2 Å². The highest BCUT2D eigenvalue weighted by molar-refractivity contribution is 5.35. The monoisotopic (exact) mass is 216 g/mol. The third kappa shape index (κ3) is 2.08. The van der Waals surface area contributed by atoms with Gasteiger partial charge in [-0.25, -0.2) is 0 Å². The Morgan fingerprint density at radius 2 is 2.00 bits per heavy atom. The molecule has 0 atom stereocenters. The van der Waals surface area contributed by atoms with E-state index in [1.54, 1.807) is 0 Å². The predicted octanol–water partition coefficient (Wildman–Crippen LogP) is 2.77. The first-order chi connectivity index (χ1) is 7.56. The number of aryl methyl sites for hydroxylation is 3. The molecule has 2 rings (SSSR count). The first-order valence-electron chi connectivity index (χ1n) is 5.34. The summed E-state index contributed by atoms with van der Waals surface area (Å²) in [6, 6.07) is 6.67. The average molecular weight is 216 g/mol. The van der Waals surface area contributed by atoms with E-state index in [0.717, 1.165) is 17.9 Å². The second-order valence-corrected chi connectivity index (χ2v) is 4.16. The summed E-state index contributed by atoms with van der Waals surface area (Å²) in [5.74, 6) is 0.804. The van der Waals surface area contributed by atoms with Crippen molar-refractivity contribution in [3.8, 4) is 0 Å². The van der Waals surface area contributed by atoms with Crippen LogP contribution in [-0.2, 0) is 6.42 Å². The van der Waals surface area contributed by atoms with Gasteiger partial charge in [-0.1, -0.05) is 23.8 Å². The highest BCUT2D eigenvalue weighted by Crippen LogP contribution is 2.19. The highest BCUT2D eigenvalue weighted by atomic mass is 16.4. The zero-order valence-corrected chi connectivity index (χ0v) is 9.87. The van der Waals surface area contributed by atoms with Gasteiger partial charge in [-0.15, -0.1) is 0 Å². The lowest BCUT2D eigenvalue weighted by molar-refractivity contribution is 0.545. The summed E-state index contributed by atoms with van der Waals surface area (Å²) in [4.78, 5) is 4.19. The number of rotatable bonds is 2. The fourth-order valence-electron chi connectivity index (χ4n) is 1.79. The van der Waals surface area contributed by atoms with Crippen LogP contribution in [0.3, 0.4) is 0 Å². The summed E-state index contributed by atoms with van der Waals surface area (Å²) >= 11 is 0. The molecule has 0 aliphatic carbocycles. The maximum Gasteiger partial charge on any atom is 0.292 e.